The predicted octanol–water partition coefficient (Wildman–Crippen LogP) is 2.66. The maximum atomic E-state index is 4.62. The normalized spacial score (nSPS) is 23.0. The summed E-state index contributed by atoms with van der Waals surface area (Å²) in [6.45, 7) is 5.05. The summed E-state index contributed by atoms with van der Waals surface area (Å²) in [6, 6.07) is 9.58. The van der Waals surface area contributed by atoms with Crippen molar-refractivity contribution >= 4 is 27.4 Å². The van der Waals surface area contributed by atoms with Crippen LogP contribution in [0.2, 0.25) is 0 Å². The van der Waals surface area contributed by atoms with Crippen LogP contribution in [0.5, 0.6) is 0 Å². The Bertz CT molecular complexity index is 938. The first-order valence-corrected chi connectivity index (χ1v) is 9.40. The van der Waals surface area contributed by atoms with Crippen LogP contribution in [0.25, 0.3) is 5.65 Å². The number of fused-ring (bicyclic) bond motifs is 3. The number of benzene rings is 1. The van der Waals surface area contributed by atoms with E-state index in [4.69, 9.17) is 0 Å². The molecule has 1 aromatic carbocycles. The predicted molar refractivity (Wildman–Crippen MR) is 99.6 cm³/mol. The van der Waals surface area contributed by atoms with Gasteiger partial charge in [-0.05, 0) is 25.0 Å². The molecule has 4 heterocycles. The van der Waals surface area contributed by atoms with Crippen LogP contribution in [0.4, 0.5) is 5.82 Å². The largest absolute Gasteiger partial charge is 0.348 e. The molecule has 2 aromatic heterocycles. The molecular formula is C18H19BrN6. The van der Waals surface area contributed by atoms with Crippen molar-refractivity contribution in [2.75, 3.05) is 18.0 Å². The molecule has 0 spiro atoms. The fourth-order valence-electron chi connectivity index (χ4n) is 4.18. The Hall–Kier alpha value is -1.99. The number of halogens is 1. The van der Waals surface area contributed by atoms with E-state index in [0.29, 0.717) is 12.1 Å². The SMILES string of the molecule is Cc1nnc2c(N3CC4CC3CN4Cc3ccccc3Br)nccn12. The zero-order valence-electron chi connectivity index (χ0n) is 14.0. The minimum Gasteiger partial charge on any atom is -0.348 e. The monoisotopic (exact) mass is 398 g/mol. The zero-order valence-corrected chi connectivity index (χ0v) is 15.6. The van der Waals surface area contributed by atoms with Crippen LogP contribution in [0, 0.1) is 6.92 Å². The molecular weight excluding hydrogens is 380 g/mol. The fraction of sp³-hybridized carbons (Fsp3) is 0.389. The molecule has 7 heteroatoms. The van der Waals surface area contributed by atoms with Crippen LogP contribution in [-0.4, -0.2) is 49.7 Å². The third kappa shape index (κ3) is 2.45. The van der Waals surface area contributed by atoms with Crippen molar-refractivity contribution in [1.82, 2.24) is 24.5 Å². The standard InChI is InChI=1S/C18H19BrN6/c1-12-21-22-18-17(20-6-7-24(12)18)25-11-14-8-15(25)10-23(14)9-13-4-2-3-5-16(13)19/h2-7,14-15H,8-11H2,1H3. The molecule has 25 heavy (non-hydrogen) atoms. The smallest absolute Gasteiger partial charge is 0.203 e. The van der Waals surface area contributed by atoms with Gasteiger partial charge in [-0.1, -0.05) is 34.1 Å². The van der Waals surface area contributed by atoms with Gasteiger partial charge in [0, 0.05) is 48.6 Å². The molecule has 2 atom stereocenters. The summed E-state index contributed by atoms with van der Waals surface area (Å²) in [5.41, 5.74) is 2.22. The van der Waals surface area contributed by atoms with Gasteiger partial charge in [0.15, 0.2) is 5.82 Å². The third-order valence-electron chi connectivity index (χ3n) is 5.44. The van der Waals surface area contributed by atoms with Crippen molar-refractivity contribution in [3.63, 3.8) is 0 Å². The molecule has 2 saturated heterocycles. The summed E-state index contributed by atoms with van der Waals surface area (Å²) >= 11 is 3.67. The van der Waals surface area contributed by atoms with Crippen molar-refractivity contribution in [3.05, 3.63) is 52.5 Å². The Morgan fingerprint density at radius 3 is 2.84 bits per heavy atom. The average Bonchev–Trinajstić information content (AvgIpc) is 3.31. The first-order chi connectivity index (χ1) is 12.2. The van der Waals surface area contributed by atoms with E-state index in [9.17, 15) is 0 Å². The molecule has 0 amide bonds. The Kier molecular flexibility index (Phi) is 3.53. The molecule has 0 aliphatic carbocycles. The van der Waals surface area contributed by atoms with Gasteiger partial charge in [0.1, 0.15) is 5.82 Å². The molecule has 0 radical (unpaired) electrons. The molecule has 2 aliphatic rings. The van der Waals surface area contributed by atoms with Crippen LogP contribution >= 0.6 is 15.9 Å². The molecule has 2 bridgehead atoms. The maximum absolute atomic E-state index is 4.62. The summed E-state index contributed by atoms with van der Waals surface area (Å²) in [6.07, 6.45) is 4.98. The topological polar surface area (TPSA) is 49.6 Å². The van der Waals surface area contributed by atoms with E-state index in [1.807, 2.05) is 23.7 Å². The summed E-state index contributed by atoms with van der Waals surface area (Å²) in [7, 11) is 0. The number of piperazine rings is 1. The van der Waals surface area contributed by atoms with Gasteiger partial charge in [0.2, 0.25) is 5.65 Å². The van der Waals surface area contributed by atoms with Gasteiger partial charge in [0.25, 0.3) is 0 Å². The summed E-state index contributed by atoms with van der Waals surface area (Å²) in [4.78, 5) is 9.64. The number of aryl methyl sites for hydroxylation is 1. The first-order valence-electron chi connectivity index (χ1n) is 8.61. The number of likely N-dealkylation sites (tertiary alicyclic amines) is 1. The van der Waals surface area contributed by atoms with E-state index in [1.54, 1.807) is 0 Å². The molecule has 6 nitrogen and oxygen atoms in total. The molecule has 3 aromatic rings. The van der Waals surface area contributed by atoms with Crippen molar-refractivity contribution in [2.45, 2.75) is 32.0 Å². The molecule has 2 aliphatic heterocycles. The van der Waals surface area contributed by atoms with Crippen molar-refractivity contribution in [2.24, 2.45) is 0 Å². The van der Waals surface area contributed by atoms with E-state index < -0.39 is 0 Å². The third-order valence-corrected chi connectivity index (χ3v) is 6.21. The Morgan fingerprint density at radius 2 is 2.04 bits per heavy atom. The summed E-state index contributed by atoms with van der Waals surface area (Å²) in [5.74, 6) is 1.87. The highest BCUT2D eigenvalue weighted by Gasteiger charge is 2.44. The van der Waals surface area contributed by atoms with E-state index in [1.165, 1.54) is 16.5 Å². The lowest BCUT2D eigenvalue weighted by Gasteiger charge is -2.35. The number of nitrogens with zero attached hydrogens (tertiary/aromatic N) is 6. The second-order valence-electron chi connectivity index (χ2n) is 6.91. The summed E-state index contributed by atoms with van der Waals surface area (Å²) < 4.78 is 3.22. The molecule has 0 N–H and O–H groups in total. The fourth-order valence-corrected chi connectivity index (χ4v) is 4.59. The maximum Gasteiger partial charge on any atom is 0.203 e. The Labute approximate surface area is 154 Å². The molecule has 5 rings (SSSR count). The number of anilines is 1. The second-order valence-corrected chi connectivity index (χ2v) is 7.76. The van der Waals surface area contributed by atoms with Crippen LogP contribution < -0.4 is 4.90 Å². The van der Waals surface area contributed by atoms with Gasteiger partial charge in [-0.15, -0.1) is 10.2 Å². The highest BCUT2D eigenvalue weighted by molar-refractivity contribution is 9.10. The van der Waals surface area contributed by atoms with Crippen molar-refractivity contribution < 1.29 is 0 Å². The van der Waals surface area contributed by atoms with Gasteiger partial charge < -0.3 is 4.90 Å². The van der Waals surface area contributed by atoms with Crippen LogP contribution in [0.15, 0.2) is 41.1 Å². The molecule has 0 saturated carbocycles. The number of hydrogen-bond donors (Lipinski definition) is 0. The molecule has 128 valence electrons. The Morgan fingerprint density at radius 1 is 1.16 bits per heavy atom. The lowest BCUT2D eigenvalue weighted by atomic mass is 10.2. The van der Waals surface area contributed by atoms with Gasteiger partial charge >= 0.3 is 0 Å². The quantitative estimate of drug-likeness (QED) is 0.678. The highest BCUT2D eigenvalue weighted by Crippen LogP contribution is 2.36. The second kappa shape index (κ2) is 5.78. The zero-order chi connectivity index (χ0) is 17.0. The van der Waals surface area contributed by atoms with Crippen LogP contribution in [0.3, 0.4) is 0 Å². The minimum atomic E-state index is 0.503. The van der Waals surface area contributed by atoms with Crippen molar-refractivity contribution in [3.8, 4) is 0 Å². The van der Waals surface area contributed by atoms with E-state index >= 15 is 0 Å². The van der Waals surface area contributed by atoms with E-state index in [-0.39, 0.29) is 0 Å². The van der Waals surface area contributed by atoms with Crippen LogP contribution in [-0.2, 0) is 6.54 Å². The van der Waals surface area contributed by atoms with E-state index in [2.05, 4.69) is 65.2 Å². The molecule has 2 unspecified atom stereocenters. The van der Waals surface area contributed by atoms with E-state index in [0.717, 1.165) is 36.9 Å². The van der Waals surface area contributed by atoms with Gasteiger partial charge in [-0.3, -0.25) is 9.30 Å². The number of aromatic nitrogens is 4. The van der Waals surface area contributed by atoms with Gasteiger partial charge in [0.05, 0.1) is 0 Å². The Balaban J connectivity index is 1.38. The van der Waals surface area contributed by atoms with Crippen LogP contribution in [0.1, 0.15) is 17.8 Å². The van der Waals surface area contributed by atoms with Gasteiger partial charge in [-0.2, -0.15) is 0 Å². The number of rotatable bonds is 3. The first kappa shape index (κ1) is 15.3. The number of hydrogen-bond acceptors (Lipinski definition) is 5. The lowest BCUT2D eigenvalue weighted by molar-refractivity contribution is 0.229. The highest BCUT2D eigenvalue weighted by atomic mass is 79.9. The van der Waals surface area contributed by atoms with Crippen molar-refractivity contribution in [1.29, 1.82) is 0 Å². The lowest BCUT2D eigenvalue weighted by Crippen LogP contribution is -2.46. The van der Waals surface area contributed by atoms with Gasteiger partial charge in [-0.25, -0.2) is 4.98 Å². The summed E-state index contributed by atoms with van der Waals surface area (Å²) in [5, 5.41) is 8.53. The average molecular weight is 399 g/mol. The molecule has 2 fully saturated rings. The minimum absolute atomic E-state index is 0.503.